The van der Waals surface area contributed by atoms with Gasteiger partial charge in [-0.2, -0.15) is 0 Å². The molecule has 0 aromatic heterocycles. The highest BCUT2D eigenvalue weighted by Crippen LogP contribution is 1.99. The molecule has 0 spiro atoms. The standard InChI is InChI=1S/C12H7NO3/c14-11(15)6-5-9-7-8-3-1-2-4-10(8)13-12(9)16/h1-4,6-7H,(H,14,15). The van der Waals surface area contributed by atoms with E-state index >= 15 is 0 Å². The van der Waals surface area contributed by atoms with Gasteiger partial charge in [-0.3, -0.25) is 4.79 Å². The maximum Gasteiger partial charge on any atom is 0.336 e. The van der Waals surface area contributed by atoms with E-state index in [1.807, 2.05) is 6.07 Å². The molecule has 78 valence electrons. The third-order valence-corrected chi connectivity index (χ3v) is 2.04. The molecule has 0 bridgehead atoms. The highest BCUT2D eigenvalue weighted by Gasteiger charge is 2.08. The minimum Gasteiger partial charge on any atom is -0.478 e. The van der Waals surface area contributed by atoms with Crippen LogP contribution in [0.15, 0.2) is 46.6 Å². The zero-order valence-electron chi connectivity index (χ0n) is 8.18. The van der Waals surface area contributed by atoms with Crippen LogP contribution in [0.3, 0.4) is 0 Å². The van der Waals surface area contributed by atoms with E-state index in [-0.39, 0.29) is 5.57 Å². The van der Waals surface area contributed by atoms with Gasteiger partial charge in [0.15, 0.2) is 0 Å². The number of carbonyl (C=O) groups excluding carboxylic acids is 1. The van der Waals surface area contributed by atoms with Crippen molar-refractivity contribution in [1.82, 2.24) is 0 Å². The van der Waals surface area contributed by atoms with Gasteiger partial charge in [0, 0.05) is 5.22 Å². The normalized spacial score (nSPS) is 13.0. The molecule has 1 amide bonds. The summed E-state index contributed by atoms with van der Waals surface area (Å²) in [4.78, 5) is 25.6. The fourth-order valence-electron chi connectivity index (χ4n) is 1.34. The van der Waals surface area contributed by atoms with Gasteiger partial charge in [-0.05, 0) is 12.1 Å². The van der Waals surface area contributed by atoms with Gasteiger partial charge >= 0.3 is 5.97 Å². The smallest absolute Gasteiger partial charge is 0.336 e. The van der Waals surface area contributed by atoms with Crippen molar-refractivity contribution in [2.45, 2.75) is 0 Å². The molecule has 0 aliphatic carbocycles. The van der Waals surface area contributed by atoms with Crippen molar-refractivity contribution in [3.63, 3.8) is 0 Å². The first-order valence-corrected chi connectivity index (χ1v) is 4.56. The number of rotatable bonds is 1. The van der Waals surface area contributed by atoms with Crippen LogP contribution in [-0.2, 0) is 9.59 Å². The van der Waals surface area contributed by atoms with E-state index in [0.29, 0.717) is 5.36 Å². The maximum atomic E-state index is 11.5. The van der Waals surface area contributed by atoms with Crippen molar-refractivity contribution in [3.8, 4) is 0 Å². The first-order valence-electron chi connectivity index (χ1n) is 4.56. The average Bonchev–Trinajstić information content (AvgIpc) is 2.26. The predicted molar refractivity (Wildman–Crippen MR) is 55.9 cm³/mol. The predicted octanol–water partition coefficient (Wildman–Crippen LogP) is -0.207. The zero-order valence-corrected chi connectivity index (χ0v) is 8.18. The van der Waals surface area contributed by atoms with Crippen molar-refractivity contribution in [2.75, 3.05) is 0 Å². The van der Waals surface area contributed by atoms with E-state index in [4.69, 9.17) is 5.11 Å². The number of carbonyl (C=O) groups is 2. The molecule has 4 heteroatoms. The third-order valence-electron chi connectivity index (χ3n) is 2.04. The molecule has 1 aliphatic rings. The number of benzene rings is 1. The molecular weight excluding hydrogens is 206 g/mol. The largest absolute Gasteiger partial charge is 0.478 e. The van der Waals surface area contributed by atoms with E-state index in [0.717, 1.165) is 11.3 Å². The van der Waals surface area contributed by atoms with Crippen LogP contribution in [-0.4, -0.2) is 17.0 Å². The Balaban J connectivity index is 2.65. The Morgan fingerprint density at radius 1 is 1.38 bits per heavy atom. The summed E-state index contributed by atoms with van der Waals surface area (Å²) in [5.74, 6) is -1.62. The van der Waals surface area contributed by atoms with E-state index in [9.17, 15) is 9.59 Å². The third kappa shape index (κ3) is 1.97. The summed E-state index contributed by atoms with van der Waals surface area (Å²) in [6, 6.07) is 7.12. The fraction of sp³-hybridized carbons (Fsp3) is 0. The van der Waals surface area contributed by atoms with Gasteiger partial charge < -0.3 is 5.11 Å². The lowest BCUT2D eigenvalue weighted by molar-refractivity contribution is -0.131. The van der Waals surface area contributed by atoms with Crippen molar-refractivity contribution in [3.05, 3.63) is 52.2 Å². The molecule has 1 heterocycles. The number of carboxylic acid groups (broad SMARTS) is 1. The second-order valence-corrected chi connectivity index (χ2v) is 3.16. The van der Waals surface area contributed by atoms with Crippen molar-refractivity contribution in [1.29, 1.82) is 0 Å². The monoisotopic (exact) mass is 213 g/mol. The Bertz CT molecular complexity index is 649. The van der Waals surface area contributed by atoms with Crippen LogP contribution < -0.4 is 10.6 Å². The molecule has 0 atom stereocenters. The molecular formula is C12H7NO3. The molecule has 1 aliphatic heterocycles. The number of carboxylic acids is 1. The van der Waals surface area contributed by atoms with Crippen LogP contribution >= 0.6 is 0 Å². The van der Waals surface area contributed by atoms with Crippen LogP contribution in [0.5, 0.6) is 0 Å². The first kappa shape index (κ1) is 10.1. The van der Waals surface area contributed by atoms with E-state index in [1.54, 1.807) is 24.3 Å². The summed E-state index contributed by atoms with van der Waals surface area (Å²) in [6.07, 6.45) is 2.37. The minimum absolute atomic E-state index is 0.154. The van der Waals surface area contributed by atoms with Gasteiger partial charge in [0.05, 0.1) is 17.0 Å². The maximum absolute atomic E-state index is 11.5. The summed E-state index contributed by atoms with van der Waals surface area (Å²) in [6.45, 7) is 0. The Morgan fingerprint density at radius 2 is 2.12 bits per heavy atom. The molecule has 0 saturated heterocycles. The van der Waals surface area contributed by atoms with E-state index < -0.39 is 11.9 Å². The average molecular weight is 213 g/mol. The molecule has 1 aromatic carbocycles. The lowest BCUT2D eigenvalue weighted by Crippen LogP contribution is -2.29. The molecule has 4 nitrogen and oxygen atoms in total. The van der Waals surface area contributed by atoms with Gasteiger partial charge in [0.1, 0.15) is 0 Å². The molecule has 1 N–H and O–H groups in total. The van der Waals surface area contributed by atoms with Crippen LogP contribution in [0, 0.1) is 0 Å². The second kappa shape index (κ2) is 3.96. The lowest BCUT2D eigenvalue weighted by Gasteiger charge is -1.99. The minimum atomic E-state index is -1.15. The Hall–Kier alpha value is -2.45. The van der Waals surface area contributed by atoms with Crippen LogP contribution in [0.1, 0.15) is 0 Å². The fourth-order valence-corrected chi connectivity index (χ4v) is 1.34. The van der Waals surface area contributed by atoms with Gasteiger partial charge in [-0.15, -0.1) is 0 Å². The van der Waals surface area contributed by atoms with Gasteiger partial charge in [-0.1, -0.05) is 23.9 Å². The van der Waals surface area contributed by atoms with Crippen molar-refractivity contribution >= 4 is 18.0 Å². The highest BCUT2D eigenvalue weighted by molar-refractivity contribution is 6.03. The van der Waals surface area contributed by atoms with E-state index in [1.165, 1.54) is 0 Å². The lowest BCUT2D eigenvalue weighted by atomic mass is 10.1. The molecule has 0 fully saturated rings. The number of fused-ring (bicyclic) bond motifs is 1. The van der Waals surface area contributed by atoms with Gasteiger partial charge in [-0.25, -0.2) is 9.79 Å². The quantitative estimate of drug-likeness (QED) is 0.518. The number of aliphatic carboxylic acids is 1. The van der Waals surface area contributed by atoms with Crippen molar-refractivity contribution in [2.24, 2.45) is 4.99 Å². The molecule has 0 unspecified atom stereocenters. The van der Waals surface area contributed by atoms with Crippen LogP contribution in [0.25, 0.3) is 6.08 Å². The molecule has 0 radical (unpaired) electrons. The van der Waals surface area contributed by atoms with Gasteiger partial charge in [0.2, 0.25) is 0 Å². The second-order valence-electron chi connectivity index (χ2n) is 3.16. The van der Waals surface area contributed by atoms with Crippen LogP contribution in [0.4, 0.5) is 0 Å². The Labute approximate surface area is 90.6 Å². The SMILES string of the molecule is O=C(O)C=C=C1C=c2ccccc2=NC1=O. The summed E-state index contributed by atoms with van der Waals surface area (Å²) in [5, 5.41) is 9.81. The van der Waals surface area contributed by atoms with Gasteiger partial charge in [0.25, 0.3) is 5.91 Å². The molecule has 2 rings (SSSR count). The number of hydrogen-bond acceptors (Lipinski definition) is 2. The number of hydrogen-bond donors (Lipinski definition) is 1. The Morgan fingerprint density at radius 3 is 2.88 bits per heavy atom. The zero-order chi connectivity index (χ0) is 11.5. The van der Waals surface area contributed by atoms with Crippen molar-refractivity contribution < 1.29 is 14.7 Å². The number of nitrogens with zero attached hydrogens (tertiary/aromatic N) is 1. The summed E-state index contributed by atoms with van der Waals surface area (Å²) < 4.78 is 0. The topological polar surface area (TPSA) is 66.7 Å². The number of para-hydroxylation sites is 1. The molecule has 16 heavy (non-hydrogen) atoms. The first-order chi connectivity index (χ1) is 7.66. The summed E-state index contributed by atoms with van der Waals surface area (Å²) in [7, 11) is 0. The molecule has 0 saturated carbocycles. The highest BCUT2D eigenvalue weighted by atomic mass is 16.4. The summed E-state index contributed by atoms with van der Waals surface area (Å²) >= 11 is 0. The summed E-state index contributed by atoms with van der Waals surface area (Å²) in [5.41, 5.74) is 2.56. The van der Waals surface area contributed by atoms with Crippen LogP contribution in [0.2, 0.25) is 0 Å². The molecule has 1 aromatic rings. The van der Waals surface area contributed by atoms with E-state index in [2.05, 4.69) is 10.7 Å². The number of amides is 1. The Kier molecular flexibility index (Phi) is 2.50.